The van der Waals surface area contributed by atoms with Crippen molar-refractivity contribution >= 4 is 11.7 Å². The van der Waals surface area contributed by atoms with Crippen LogP contribution in [0.3, 0.4) is 0 Å². The first-order chi connectivity index (χ1) is 10.5. The Morgan fingerprint density at radius 2 is 1.82 bits per heavy atom. The fraction of sp³-hybridized carbons (Fsp3) is 0.529. The van der Waals surface area contributed by atoms with E-state index in [1.807, 2.05) is 0 Å². The van der Waals surface area contributed by atoms with Crippen LogP contribution in [0.5, 0.6) is 0 Å². The highest BCUT2D eigenvalue weighted by atomic mass is 19.1. The zero-order chi connectivity index (χ0) is 15.7. The van der Waals surface area contributed by atoms with Gasteiger partial charge in [-0.3, -0.25) is 9.59 Å². The molecule has 2 aliphatic rings. The quantitative estimate of drug-likeness (QED) is 0.925. The minimum atomic E-state index is -0.843. The van der Waals surface area contributed by atoms with Gasteiger partial charge in [-0.05, 0) is 30.5 Å². The molecule has 1 aromatic rings. The Morgan fingerprint density at radius 3 is 2.36 bits per heavy atom. The summed E-state index contributed by atoms with van der Waals surface area (Å²) in [6.45, 7) is 1.03. The Hall–Kier alpha value is -1.75. The molecule has 0 radical (unpaired) electrons. The van der Waals surface area contributed by atoms with Crippen LogP contribution in [0.2, 0.25) is 0 Å². The van der Waals surface area contributed by atoms with Crippen molar-refractivity contribution in [1.82, 2.24) is 4.90 Å². The summed E-state index contributed by atoms with van der Waals surface area (Å²) >= 11 is 0. The predicted octanol–water partition coefficient (Wildman–Crippen LogP) is 1.70. The number of amides is 1. The number of ketones is 1. The van der Waals surface area contributed by atoms with Gasteiger partial charge < -0.3 is 10.0 Å². The molecule has 0 spiro atoms. The summed E-state index contributed by atoms with van der Waals surface area (Å²) in [5.74, 6) is -0.228. The van der Waals surface area contributed by atoms with Crippen LogP contribution in [0.25, 0.3) is 0 Å². The van der Waals surface area contributed by atoms with Crippen molar-refractivity contribution in [3.63, 3.8) is 0 Å². The number of carbonyl (C=O) groups excluding carboxylic acids is 2. The summed E-state index contributed by atoms with van der Waals surface area (Å²) in [7, 11) is 0. The second-order valence-electron chi connectivity index (χ2n) is 6.50. The lowest BCUT2D eigenvalue weighted by molar-refractivity contribution is -0.148. The highest BCUT2D eigenvalue weighted by Crippen LogP contribution is 2.30. The lowest BCUT2D eigenvalue weighted by Crippen LogP contribution is -2.51. The molecule has 4 nitrogen and oxygen atoms in total. The first-order valence-electron chi connectivity index (χ1n) is 7.72. The molecule has 1 heterocycles. The van der Waals surface area contributed by atoms with Gasteiger partial charge in [-0.25, -0.2) is 4.39 Å². The van der Waals surface area contributed by atoms with Gasteiger partial charge in [0, 0.05) is 32.4 Å². The minimum absolute atomic E-state index is 0.0448. The highest BCUT2D eigenvalue weighted by Gasteiger charge is 2.39. The van der Waals surface area contributed by atoms with Crippen LogP contribution in [-0.4, -0.2) is 40.4 Å². The number of nitrogens with zero attached hydrogens (tertiary/aromatic N) is 1. The minimum Gasteiger partial charge on any atom is -0.389 e. The summed E-state index contributed by atoms with van der Waals surface area (Å²) in [4.78, 5) is 24.9. The van der Waals surface area contributed by atoms with Gasteiger partial charge in [0.25, 0.3) is 0 Å². The topological polar surface area (TPSA) is 57.6 Å². The van der Waals surface area contributed by atoms with Gasteiger partial charge in [-0.15, -0.1) is 0 Å². The highest BCUT2D eigenvalue weighted by molar-refractivity contribution is 5.96. The van der Waals surface area contributed by atoms with Gasteiger partial charge in [0.2, 0.25) is 5.91 Å². The molecule has 1 N–H and O–H groups in total. The maximum Gasteiger partial charge on any atom is 0.226 e. The van der Waals surface area contributed by atoms with Gasteiger partial charge in [0.1, 0.15) is 11.6 Å². The summed E-state index contributed by atoms with van der Waals surface area (Å²) in [5, 5.41) is 10.7. The summed E-state index contributed by atoms with van der Waals surface area (Å²) < 4.78 is 12.9. The van der Waals surface area contributed by atoms with Crippen LogP contribution in [0.1, 0.15) is 31.2 Å². The number of rotatable bonds is 3. The number of hydrogen-bond acceptors (Lipinski definition) is 3. The molecule has 3 rings (SSSR count). The number of Topliss-reactive ketones (excluding diaryl/α,β-unsaturated/α-hetero) is 1. The van der Waals surface area contributed by atoms with Crippen molar-refractivity contribution in [3.05, 3.63) is 35.6 Å². The molecule has 1 aliphatic heterocycles. The SMILES string of the molecule is O=C1CC(C(=O)N2CCC(O)(Cc3ccc(F)cc3)CC2)C1. The molecule has 1 aliphatic carbocycles. The molecule has 118 valence electrons. The Balaban J connectivity index is 1.54. The molecule has 0 aromatic heterocycles. The van der Waals surface area contributed by atoms with E-state index < -0.39 is 5.60 Å². The standard InChI is InChI=1S/C17H20FNO3/c18-14-3-1-12(2-4-14)11-17(22)5-7-19(8-6-17)16(21)13-9-15(20)10-13/h1-4,13,22H,5-11H2. The molecule has 0 atom stereocenters. The van der Waals surface area contributed by atoms with Crippen LogP contribution in [0.15, 0.2) is 24.3 Å². The number of halogens is 1. The lowest BCUT2D eigenvalue weighted by atomic mass is 9.81. The first kappa shape index (κ1) is 15.2. The van der Waals surface area contributed by atoms with Gasteiger partial charge in [-0.2, -0.15) is 0 Å². The molecule has 1 saturated heterocycles. The van der Waals surface area contributed by atoms with Crippen LogP contribution < -0.4 is 0 Å². The number of carbonyl (C=O) groups is 2. The average molecular weight is 305 g/mol. The van der Waals surface area contributed by atoms with E-state index in [2.05, 4.69) is 0 Å². The number of aliphatic hydroxyl groups is 1. The van der Waals surface area contributed by atoms with Crippen molar-refractivity contribution in [2.45, 2.75) is 37.7 Å². The average Bonchev–Trinajstić information content (AvgIpc) is 2.46. The summed E-state index contributed by atoms with van der Waals surface area (Å²) in [6.07, 6.45) is 2.23. The Kier molecular flexibility index (Phi) is 4.00. The maximum atomic E-state index is 12.9. The van der Waals surface area contributed by atoms with Crippen LogP contribution in [0, 0.1) is 11.7 Å². The Morgan fingerprint density at radius 1 is 1.23 bits per heavy atom. The third kappa shape index (κ3) is 3.19. The first-order valence-corrected chi connectivity index (χ1v) is 7.72. The summed E-state index contributed by atoms with van der Waals surface area (Å²) in [5.41, 5.74) is 0.0533. The second kappa shape index (κ2) is 5.80. The lowest BCUT2D eigenvalue weighted by Gasteiger charge is -2.40. The van der Waals surface area contributed by atoms with Crippen molar-refractivity contribution in [2.24, 2.45) is 5.92 Å². The maximum absolute atomic E-state index is 12.9. The summed E-state index contributed by atoms with van der Waals surface area (Å²) in [6, 6.07) is 6.16. The van der Waals surface area contributed by atoms with Gasteiger partial charge in [0.15, 0.2) is 0 Å². The van der Waals surface area contributed by atoms with E-state index in [-0.39, 0.29) is 23.4 Å². The zero-order valence-electron chi connectivity index (χ0n) is 12.4. The third-order valence-electron chi connectivity index (χ3n) is 4.75. The smallest absolute Gasteiger partial charge is 0.226 e. The molecule has 0 unspecified atom stereocenters. The predicted molar refractivity (Wildman–Crippen MR) is 78.6 cm³/mol. The van der Waals surface area contributed by atoms with Crippen molar-refractivity contribution < 1.29 is 19.1 Å². The fourth-order valence-electron chi connectivity index (χ4n) is 3.23. The number of likely N-dealkylation sites (tertiary alicyclic amines) is 1. The van der Waals surface area contributed by atoms with Crippen molar-refractivity contribution in [2.75, 3.05) is 13.1 Å². The molecular weight excluding hydrogens is 285 g/mol. The van der Waals surface area contributed by atoms with E-state index in [4.69, 9.17) is 0 Å². The Labute approximate surface area is 128 Å². The molecule has 0 bridgehead atoms. The van der Waals surface area contributed by atoms with Crippen LogP contribution >= 0.6 is 0 Å². The molecule has 1 amide bonds. The van der Waals surface area contributed by atoms with E-state index in [1.54, 1.807) is 17.0 Å². The zero-order valence-corrected chi connectivity index (χ0v) is 12.4. The molecule has 1 aromatic carbocycles. The number of hydrogen-bond donors (Lipinski definition) is 1. The van der Waals surface area contributed by atoms with E-state index in [0.717, 1.165) is 5.56 Å². The normalized spacial score (nSPS) is 21.5. The van der Waals surface area contributed by atoms with E-state index in [1.165, 1.54) is 12.1 Å². The van der Waals surface area contributed by atoms with Crippen molar-refractivity contribution in [1.29, 1.82) is 0 Å². The molecule has 5 heteroatoms. The van der Waals surface area contributed by atoms with E-state index >= 15 is 0 Å². The molecule has 2 fully saturated rings. The van der Waals surface area contributed by atoms with Gasteiger partial charge >= 0.3 is 0 Å². The number of benzene rings is 1. The van der Waals surface area contributed by atoms with Crippen LogP contribution in [-0.2, 0) is 16.0 Å². The third-order valence-corrected chi connectivity index (χ3v) is 4.75. The Bertz CT molecular complexity index is 568. The van der Waals surface area contributed by atoms with Gasteiger partial charge in [0.05, 0.1) is 11.5 Å². The largest absolute Gasteiger partial charge is 0.389 e. The fourth-order valence-corrected chi connectivity index (χ4v) is 3.23. The monoisotopic (exact) mass is 305 g/mol. The van der Waals surface area contributed by atoms with E-state index in [9.17, 15) is 19.1 Å². The van der Waals surface area contributed by atoms with Gasteiger partial charge in [-0.1, -0.05) is 12.1 Å². The molecule has 22 heavy (non-hydrogen) atoms. The molecular formula is C17H20FNO3. The number of piperidine rings is 1. The van der Waals surface area contributed by atoms with Crippen molar-refractivity contribution in [3.8, 4) is 0 Å². The second-order valence-corrected chi connectivity index (χ2v) is 6.50. The molecule has 1 saturated carbocycles. The van der Waals surface area contributed by atoms with E-state index in [0.29, 0.717) is 45.2 Å². The van der Waals surface area contributed by atoms with Crippen LogP contribution in [0.4, 0.5) is 4.39 Å².